The van der Waals surface area contributed by atoms with Crippen molar-refractivity contribution in [2.75, 3.05) is 0 Å². The van der Waals surface area contributed by atoms with Gasteiger partial charge in [-0.15, -0.1) is 0 Å². The van der Waals surface area contributed by atoms with E-state index in [9.17, 15) is 9.18 Å². The van der Waals surface area contributed by atoms with E-state index in [2.05, 4.69) is 15.9 Å². The molecule has 0 aliphatic rings. The smallest absolute Gasteiger partial charge is 0.359 e. The van der Waals surface area contributed by atoms with E-state index in [0.717, 1.165) is 14.4 Å². The summed E-state index contributed by atoms with van der Waals surface area (Å²) in [6.45, 7) is 0. The Balaban J connectivity index is 2.64. The SMILES string of the molecule is O=C(O)C(F)n1ccc2c(Br)cccc21. The highest BCUT2D eigenvalue weighted by atomic mass is 79.9. The van der Waals surface area contributed by atoms with Gasteiger partial charge in [0.05, 0.1) is 5.52 Å². The maximum atomic E-state index is 13.3. The lowest BCUT2D eigenvalue weighted by Gasteiger charge is -2.06. The van der Waals surface area contributed by atoms with Gasteiger partial charge in [0.15, 0.2) is 0 Å². The second-order valence-electron chi connectivity index (χ2n) is 3.07. The molecule has 0 aliphatic carbocycles. The summed E-state index contributed by atoms with van der Waals surface area (Å²) in [7, 11) is 0. The summed E-state index contributed by atoms with van der Waals surface area (Å²) >= 11 is 3.31. The summed E-state index contributed by atoms with van der Waals surface area (Å²) in [4.78, 5) is 10.5. The molecule has 0 amide bonds. The van der Waals surface area contributed by atoms with Crippen LogP contribution in [0.2, 0.25) is 0 Å². The molecule has 1 atom stereocenters. The van der Waals surface area contributed by atoms with Gasteiger partial charge < -0.3 is 9.67 Å². The fourth-order valence-corrected chi connectivity index (χ4v) is 1.96. The molecule has 0 aliphatic heterocycles. The number of aromatic nitrogens is 1. The van der Waals surface area contributed by atoms with Crippen molar-refractivity contribution in [2.45, 2.75) is 6.30 Å². The Morgan fingerprint density at radius 2 is 2.20 bits per heavy atom. The van der Waals surface area contributed by atoms with Gasteiger partial charge in [-0.1, -0.05) is 22.0 Å². The summed E-state index contributed by atoms with van der Waals surface area (Å²) in [5.41, 5.74) is 0.555. The van der Waals surface area contributed by atoms with E-state index in [1.54, 1.807) is 18.2 Å². The molecule has 1 heterocycles. The largest absolute Gasteiger partial charge is 0.478 e. The number of benzene rings is 1. The predicted molar refractivity (Wildman–Crippen MR) is 57.4 cm³/mol. The normalized spacial score (nSPS) is 12.9. The highest BCUT2D eigenvalue weighted by Crippen LogP contribution is 2.27. The number of carbonyl (C=O) groups is 1. The number of halogens is 2. The number of fused-ring (bicyclic) bond motifs is 1. The van der Waals surface area contributed by atoms with Crippen LogP contribution in [0, 0.1) is 0 Å². The van der Waals surface area contributed by atoms with Gasteiger partial charge in [-0.3, -0.25) is 0 Å². The average molecular weight is 272 g/mol. The molecule has 0 saturated carbocycles. The number of nitrogens with zero attached hydrogens (tertiary/aromatic N) is 1. The zero-order valence-electron chi connectivity index (χ0n) is 7.52. The van der Waals surface area contributed by atoms with Crippen LogP contribution >= 0.6 is 15.9 Å². The minimum atomic E-state index is -2.04. The number of carboxylic acid groups (broad SMARTS) is 1. The van der Waals surface area contributed by atoms with E-state index >= 15 is 0 Å². The van der Waals surface area contributed by atoms with Gasteiger partial charge in [0, 0.05) is 16.1 Å². The van der Waals surface area contributed by atoms with Gasteiger partial charge >= 0.3 is 5.97 Å². The first-order valence-electron chi connectivity index (χ1n) is 4.23. The molecule has 78 valence electrons. The van der Waals surface area contributed by atoms with E-state index < -0.39 is 12.3 Å². The first-order chi connectivity index (χ1) is 7.11. The van der Waals surface area contributed by atoms with Gasteiger partial charge in [-0.2, -0.15) is 0 Å². The monoisotopic (exact) mass is 271 g/mol. The molecular formula is C10H7BrFNO2. The lowest BCUT2D eigenvalue weighted by atomic mass is 10.2. The van der Waals surface area contributed by atoms with Crippen molar-refractivity contribution in [1.82, 2.24) is 4.57 Å². The first kappa shape index (κ1) is 10.2. The Kier molecular flexibility index (Phi) is 2.48. The molecule has 0 spiro atoms. The molecule has 5 heteroatoms. The molecule has 1 N–H and O–H groups in total. The number of alkyl halides is 1. The molecule has 1 aromatic carbocycles. The van der Waals surface area contributed by atoms with E-state index in [1.807, 2.05) is 6.07 Å². The van der Waals surface area contributed by atoms with Crippen molar-refractivity contribution in [3.8, 4) is 0 Å². The molecule has 1 aromatic heterocycles. The Labute approximate surface area is 93.3 Å². The highest BCUT2D eigenvalue weighted by Gasteiger charge is 2.19. The number of rotatable bonds is 2. The van der Waals surface area contributed by atoms with Crippen molar-refractivity contribution in [2.24, 2.45) is 0 Å². The average Bonchev–Trinajstić information content (AvgIpc) is 2.61. The lowest BCUT2D eigenvalue weighted by molar-refractivity contribution is -0.146. The minimum absolute atomic E-state index is 0.555. The summed E-state index contributed by atoms with van der Waals surface area (Å²) in [6, 6.07) is 6.91. The third kappa shape index (κ3) is 1.63. The van der Waals surface area contributed by atoms with Crippen molar-refractivity contribution in [1.29, 1.82) is 0 Å². The van der Waals surface area contributed by atoms with Gasteiger partial charge in [0.2, 0.25) is 0 Å². The first-order valence-corrected chi connectivity index (χ1v) is 5.02. The quantitative estimate of drug-likeness (QED) is 0.913. The Morgan fingerprint density at radius 1 is 1.47 bits per heavy atom. The van der Waals surface area contributed by atoms with E-state index in [0.29, 0.717) is 5.52 Å². The molecule has 0 radical (unpaired) electrons. The predicted octanol–water partition coefficient (Wildman–Crippen LogP) is 2.96. The summed E-state index contributed by atoms with van der Waals surface area (Å²) in [5.74, 6) is -1.49. The van der Waals surface area contributed by atoms with Gasteiger partial charge in [-0.05, 0) is 18.2 Å². The van der Waals surface area contributed by atoms with Crippen LogP contribution in [0.25, 0.3) is 10.9 Å². The zero-order chi connectivity index (χ0) is 11.0. The maximum absolute atomic E-state index is 13.3. The van der Waals surface area contributed by atoms with E-state index in [-0.39, 0.29) is 0 Å². The Bertz CT molecular complexity index is 523. The van der Waals surface area contributed by atoms with Gasteiger partial charge in [0.25, 0.3) is 6.30 Å². The molecule has 2 aromatic rings. The van der Waals surface area contributed by atoms with Crippen LogP contribution in [0.1, 0.15) is 6.30 Å². The maximum Gasteiger partial charge on any atom is 0.359 e. The van der Waals surface area contributed by atoms with Crippen molar-refractivity contribution in [3.05, 3.63) is 34.9 Å². The van der Waals surface area contributed by atoms with Crippen LogP contribution in [0.4, 0.5) is 4.39 Å². The standard InChI is InChI=1S/C10H7BrFNO2/c11-7-2-1-3-8-6(7)4-5-13(8)9(12)10(14)15/h1-5,9H,(H,14,15). The number of aliphatic carboxylic acids is 1. The molecule has 0 fully saturated rings. The Morgan fingerprint density at radius 3 is 2.87 bits per heavy atom. The third-order valence-corrected chi connectivity index (χ3v) is 2.85. The van der Waals surface area contributed by atoms with Crippen molar-refractivity contribution >= 4 is 32.8 Å². The van der Waals surface area contributed by atoms with Crippen LogP contribution in [0.3, 0.4) is 0 Å². The molecular weight excluding hydrogens is 265 g/mol. The summed E-state index contributed by atoms with van der Waals surface area (Å²) < 4.78 is 15.2. The van der Waals surface area contributed by atoms with Crippen molar-refractivity contribution < 1.29 is 14.3 Å². The van der Waals surface area contributed by atoms with Gasteiger partial charge in [-0.25, -0.2) is 9.18 Å². The molecule has 0 saturated heterocycles. The topological polar surface area (TPSA) is 42.2 Å². The summed E-state index contributed by atoms with van der Waals surface area (Å²) in [5, 5.41) is 9.37. The fourth-order valence-electron chi connectivity index (χ4n) is 1.47. The number of hydrogen-bond acceptors (Lipinski definition) is 1. The number of carboxylic acids is 1. The van der Waals surface area contributed by atoms with Crippen LogP contribution in [-0.2, 0) is 4.79 Å². The zero-order valence-corrected chi connectivity index (χ0v) is 9.11. The molecule has 3 nitrogen and oxygen atoms in total. The van der Waals surface area contributed by atoms with E-state index in [4.69, 9.17) is 5.11 Å². The summed E-state index contributed by atoms with van der Waals surface area (Å²) in [6.07, 6.45) is -0.620. The molecule has 15 heavy (non-hydrogen) atoms. The van der Waals surface area contributed by atoms with Crippen molar-refractivity contribution in [3.63, 3.8) is 0 Å². The third-order valence-electron chi connectivity index (χ3n) is 2.16. The van der Waals surface area contributed by atoms with E-state index in [1.165, 1.54) is 6.20 Å². The second kappa shape index (κ2) is 3.66. The Hall–Kier alpha value is -1.36. The minimum Gasteiger partial charge on any atom is -0.478 e. The molecule has 1 unspecified atom stereocenters. The van der Waals surface area contributed by atoms with Crippen LogP contribution in [0.15, 0.2) is 34.9 Å². The number of hydrogen-bond donors (Lipinski definition) is 1. The lowest BCUT2D eigenvalue weighted by Crippen LogP contribution is -2.12. The molecule has 0 bridgehead atoms. The van der Waals surface area contributed by atoms with Gasteiger partial charge in [0.1, 0.15) is 0 Å². The molecule has 2 rings (SSSR count). The highest BCUT2D eigenvalue weighted by molar-refractivity contribution is 9.10. The van der Waals surface area contributed by atoms with Crippen LogP contribution in [0.5, 0.6) is 0 Å². The van der Waals surface area contributed by atoms with Crippen LogP contribution in [-0.4, -0.2) is 15.6 Å². The fraction of sp³-hybridized carbons (Fsp3) is 0.100. The van der Waals surface area contributed by atoms with Crippen LogP contribution < -0.4 is 0 Å². The second-order valence-corrected chi connectivity index (χ2v) is 3.92.